The molecule has 0 atom stereocenters. The second-order valence-corrected chi connectivity index (χ2v) is 7.03. The molecule has 0 aliphatic rings. The summed E-state index contributed by atoms with van der Waals surface area (Å²) in [5.41, 5.74) is 0. The van der Waals surface area contributed by atoms with Crippen molar-refractivity contribution in [3.63, 3.8) is 0 Å². The van der Waals surface area contributed by atoms with Gasteiger partial charge in [0.1, 0.15) is 0 Å². The minimum Gasteiger partial charge on any atom is -0.543 e. The average Bonchev–Trinajstić information content (AvgIpc) is 2.70. The van der Waals surface area contributed by atoms with Crippen LogP contribution in [0.4, 0.5) is 0 Å². The van der Waals surface area contributed by atoms with E-state index in [0.717, 1.165) is 61.3 Å². The van der Waals surface area contributed by atoms with Gasteiger partial charge in [-0.2, -0.15) is 0 Å². The van der Waals surface area contributed by atoms with Crippen LogP contribution in [0.1, 0.15) is 0 Å². The fourth-order valence-corrected chi connectivity index (χ4v) is 3.09. The highest BCUT2D eigenvalue weighted by molar-refractivity contribution is 6.25. The van der Waals surface area contributed by atoms with E-state index in [1.807, 2.05) is 48.6 Å². The molecule has 6 heteroatoms. The normalized spacial score (nSPS) is 9.88. The van der Waals surface area contributed by atoms with Crippen molar-refractivity contribution in [2.45, 2.75) is 0 Å². The Labute approximate surface area is 194 Å². The predicted octanol–water partition coefficient (Wildman–Crippen LogP) is 1.58. The Morgan fingerprint density at radius 1 is 0.438 bits per heavy atom. The maximum absolute atomic E-state index is 8.93. The summed E-state index contributed by atoms with van der Waals surface area (Å²) < 4.78 is 1.81. The van der Waals surface area contributed by atoms with Crippen molar-refractivity contribution in [3.05, 3.63) is 101 Å². The lowest BCUT2D eigenvalue weighted by Gasteiger charge is -2.35. The number of carbonyl (C=O) groups is 2. The van der Waals surface area contributed by atoms with E-state index in [2.05, 4.69) is 52.6 Å². The van der Waals surface area contributed by atoms with E-state index < -0.39 is 11.9 Å². The SMILES string of the molecule is C=CC[N+](CC=C)(CC=C)CC=C.C=CC[N+](CC=C)(CC=C)CC=C.O=C([O-])C(=O)[O-]. The summed E-state index contributed by atoms with van der Waals surface area (Å²) in [5.74, 6) is -4.37. The van der Waals surface area contributed by atoms with E-state index in [9.17, 15) is 0 Å². The number of hydrogen-bond donors (Lipinski definition) is 0. The van der Waals surface area contributed by atoms with Crippen molar-refractivity contribution in [3.8, 4) is 0 Å². The standard InChI is InChI=1S/2C12H20N.C2H2O4/c2*1-5-9-13(10-6-2,11-7-3)12-8-4;3-1(4)2(5)6/h2*5-8H,1-4,9-12H2;(H,3,4)(H,5,6)/q2*+1;/p-2. The van der Waals surface area contributed by atoms with Crippen molar-refractivity contribution < 1.29 is 28.8 Å². The molecule has 32 heavy (non-hydrogen) atoms. The zero-order chi connectivity index (χ0) is 25.5. The van der Waals surface area contributed by atoms with Crippen LogP contribution in [0.2, 0.25) is 0 Å². The second-order valence-electron chi connectivity index (χ2n) is 7.03. The van der Waals surface area contributed by atoms with Gasteiger partial charge in [-0.3, -0.25) is 0 Å². The fourth-order valence-electron chi connectivity index (χ4n) is 3.09. The number of carboxylic acid groups (broad SMARTS) is 2. The number of hydrogen-bond acceptors (Lipinski definition) is 4. The summed E-state index contributed by atoms with van der Waals surface area (Å²) in [6.07, 6.45) is 15.5. The number of rotatable bonds is 16. The zero-order valence-corrected chi connectivity index (χ0v) is 19.5. The molecule has 0 bridgehead atoms. The minimum absolute atomic E-state index is 0.903. The number of nitrogens with zero attached hydrogens (tertiary/aromatic N) is 2. The van der Waals surface area contributed by atoms with Gasteiger partial charge in [-0.15, -0.1) is 0 Å². The number of quaternary nitrogens is 2. The van der Waals surface area contributed by atoms with Crippen LogP contribution in [-0.4, -0.2) is 73.3 Å². The third-order valence-corrected chi connectivity index (χ3v) is 4.30. The third kappa shape index (κ3) is 16.6. The molecule has 0 aromatic heterocycles. The number of carbonyl (C=O) groups excluding carboxylic acids is 2. The summed E-state index contributed by atoms with van der Waals surface area (Å²) in [5, 5.41) is 17.9. The highest BCUT2D eigenvalue weighted by Crippen LogP contribution is 2.08. The van der Waals surface area contributed by atoms with Crippen LogP contribution in [0, 0.1) is 0 Å². The Balaban J connectivity index is -0.000000422. The summed E-state index contributed by atoms with van der Waals surface area (Å²) >= 11 is 0. The molecule has 0 saturated heterocycles. The molecule has 0 aromatic rings. The van der Waals surface area contributed by atoms with Gasteiger partial charge in [-0.05, 0) is 48.6 Å². The van der Waals surface area contributed by atoms with Crippen LogP contribution >= 0.6 is 0 Å². The Hall–Kier alpha value is -3.22. The lowest BCUT2D eigenvalue weighted by Crippen LogP contribution is -2.48. The molecule has 0 aliphatic heterocycles. The molecule has 0 aliphatic carbocycles. The second kappa shape index (κ2) is 21.0. The van der Waals surface area contributed by atoms with Crippen LogP contribution in [0.25, 0.3) is 0 Å². The molecule has 0 rings (SSSR count). The lowest BCUT2D eigenvalue weighted by molar-refractivity contribution is -0.906. The van der Waals surface area contributed by atoms with Gasteiger partial charge in [0.05, 0.1) is 64.3 Å². The third-order valence-electron chi connectivity index (χ3n) is 4.30. The average molecular weight is 445 g/mol. The van der Waals surface area contributed by atoms with E-state index in [0.29, 0.717) is 0 Å². The van der Waals surface area contributed by atoms with Gasteiger partial charge < -0.3 is 28.8 Å². The fraction of sp³-hybridized carbons (Fsp3) is 0.308. The van der Waals surface area contributed by atoms with Crippen molar-refractivity contribution >= 4 is 11.9 Å². The van der Waals surface area contributed by atoms with Crippen LogP contribution in [0.5, 0.6) is 0 Å². The highest BCUT2D eigenvalue weighted by Gasteiger charge is 2.21. The van der Waals surface area contributed by atoms with Crippen molar-refractivity contribution in [1.29, 1.82) is 0 Å². The van der Waals surface area contributed by atoms with E-state index >= 15 is 0 Å². The molecular weight excluding hydrogens is 404 g/mol. The summed E-state index contributed by atoms with van der Waals surface area (Å²) in [7, 11) is 0. The maximum atomic E-state index is 8.93. The molecule has 0 aromatic carbocycles. The van der Waals surface area contributed by atoms with Crippen molar-refractivity contribution in [2.75, 3.05) is 52.4 Å². The monoisotopic (exact) mass is 444 g/mol. The molecule has 0 unspecified atom stereocenters. The molecule has 0 fully saturated rings. The van der Waals surface area contributed by atoms with Gasteiger partial charge in [0, 0.05) is 0 Å². The zero-order valence-electron chi connectivity index (χ0n) is 19.5. The van der Waals surface area contributed by atoms with E-state index in [-0.39, 0.29) is 0 Å². The molecule has 0 saturated carbocycles. The molecular formula is C26H40N2O4. The van der Waals surface area contributed by atoms with Gasteiger partial charge in [0.15, 0.2) is 0 Å². The number of aliphatic carboxylic acids is 2. The molecule has 0 N–H and O–H groups in total. The summed E-state index contributed by atoms with van der Waals surface area (Å²) in [6, 6.07) is 0. The van der Waals surface area contributed by atoms with Gasteiger partial charge in [0.25, 0.3) is 0 Å². The maximum Gasteiger partial charge on any atom is 0.0978 e. The highest BCUT2D eigenvalue weighted by atomic mass is 16.4. The van der Waals surface area contributed by atoms with Crippen LogP contribution in [0.3, 0.4) is 0 Å². The molecule has 6 nitrogen and oxygen atoms in total. The Morgan fingerprint density at radius 2 is 0.562 bits per heavy atom. The first-order chi connectivity index (χ1) is 15.1. The van der Waals surface area contributed by atoms with Gasteiger partial charge in [-0.1, -0.05) is 52.6 Å². The Bertz CT molecular complexity index is 503. The Kier molecular flexibility index (Phi) is 22.0. The predicted molar refractivity (Wildman–Crippen MR) is 131 cm³/mol. The number of carboxylic acids is 2. The Morgan fingerprint density at radius 3 is 0.625 bits per heavy atom. The van der Waals surface area contributed by atoms with Crippen molar-refractivity contribution in [1.82, 2.24) is 0 Å². The first-order valence-electron chi connectivity index (χ1n) is 10.1. The van der Waals surface area contributed by atoms with Gasteiger partial charge >= 0.3 is 0 Å². The summed E-state index contributed by atoms with van der Waals surface area (Å²) in [4.78, 5) is 17.9. The lowest BCUT2D eigenvalue weighted by atomic mass is 10.3. The van der Waals surface area contributed by atoms with Gasteiger partial charge in [0.2, 0.25) is 0 Å². The smallest absolute Gasteiger partial charge is 0.0978 e. The largest absolute Gasteiger partial charge is 0.543 e. The van der Waals surface area contributed by atoms with E-state index in [1.165, 1.54) is 0 Å². The summed E-state index contributed by atoms with van der Waals surface area (Å²) in [6.45, 7) is 37.7. The molecule has 0 amide bonds. The molecule has 0 spiro atoms. The first kappa shape index (κ1) is 33.4. The first-order valence-corrected chi connectivity index (χ1v) is 10.1. The van der Waals surface area contributed by atoms with Gasteiger partial charge in [-0.25, -0.2) is 0 Å². The van der Waals surface area contributed by atoms with Crippen molar-refractivity contribution in [2.24, 2.45) is 0 Å². The van der Waals surface area contributed by atoms with Crippen LogP contribution < -0.4 is 10.2 Å². The van der Waals surface area contributed by atoms with E-state index in [4.69, 9.17) is 19.8 Å². The topological polar surface area (TPSA) is 80.3 Å². The molecule has 0 radical (unpaired) electrons. The molecule has 178 valence electrons. The quantitative estimate of drug-likeness (QED) is 0.206. The minimum atomic E-state index is -2.19. The molecule has 0 heterocycles. The van der Waals surface area contributed by atoms with E-state index in [1.54, 1.807) is 0 Å². The van der Waals surface area contributed by atoms with Crippen LogP contribution in [-0.2, 0) is 9.59 Å². The van der Waals surface area contributed by atoms with Crippen LogP contribution in [0.15, 0.2) is 101 Å².